The maximum atomic E-state index is 5.93. The van der Waals surface area contributed by atoms with Crippen molar-refractivity contribution in [2.75, 3.05) is 13.2 Å². The fourth-order valence-corrected chi connectivity index (χ4v) is 2.59. The van der Waals surface area contributed by atoms with Crippen LogP contribution >= 0.6 is 0 Å². The van der Waals surface area contributed by atoms with E-state index in [9.17, 15) is 0 Å². The molecule has 0 saturated heterocycles. The molecule has 1 aliphatic carbocycles. The number of benzene rings is 1. The Morgan fingerprint density at radius 2 is 2.05 bits per heavy atom. The number of ether oxygens (including phenoxy) is 2. The van der Waals surface area contributed by atoms with E-state index in [0.29, 0.717) is 6.10 Å². The SMILES string of the molecule is CCCNC(c1cccc(OC2CC2)c1)C(CC)OCC. The van der Waals surface area contributed by atoms with Crippen molar-refractivity contribution >= 4 is 0 Å². The van der Waals surface area contributed by atoms with Crippen molar-refractivity contribution in [3.05, 3.63) is 29.8 Å². The van der Waals surface area contributed by atoms with Gasteiger partial charge in [0.05, 0.1) is 18.2 Å². The van der Waals surface area contributed by atoms with Crippen molar-refractivity contribution in [3.63, 3.8) is 0 Å². The van der Waals surface area contributed by atoms with Gasteiger partial charge in [0.2, 0.25) is 0 Å². The Hall–Kier alpha value is -1.06. The third-order valence-corrected chi connectivity index (χ3v) is 3.81. The van der Waals surface area contributed by atoms with Gasteiger partial charge in [-0.05, 0) is 56.8 Å². The minimum atomic E-state index is 0.206. The summed E-state index contributed by atoms with van der Waals surface area (Å²) in [6, 6.07) is 8.73. The van der Waals surface area contributed by atoms with Crippen LogP contribution in [-0.2, 0) is 4.74 Å². The molecule has 0 amide bonds. The van der Waals surface area contributed by atoms with Gasteiger partial charge in [-0.15, -0.1) is 0 Å². The topological polar surface area (TPSA) is 30.5 Å². The highest BCUT2D eigenvalue weighted by molar-refractivity contribution is 5.31. The third kappa shape index (κ3) is 5.01. The molecule has 0 bridgehead atoms. The lowest BCUT2D eigenvalue weighted by atomic mass is 9.99. The molecule has 2 unspecified atom stereocenters. The first-order valence-corrected chi connectivity index (χ1v) is 8.40. The molecular weight excluding hydrogens is 262 g/mol. The molecule has 1 fully saturated rings. The lowest BCUT2D eigenvalue weighted by molar-refractivity contribution is 0.0314. The highest BCUT2D eigenvalue weighted by atomic mass is 16.5. The molecule has 2 rings (SSSR count). The van der Waals surface area contributed by atoms with Gasteiger partial charge in [0.25, 0.3) is 0 Å². The zero-order valence-electron chi connectivity index (χ0n) is 13.6. The zero-order chi connectivity index (χ0) is 15.1. The predicted octanol–water partition coefficient (Wildman–Crippen LogP) is 4.08. The summed E-state index contributed by atoms with van der Waals surface area (Å²) in [5.41, 5.74) is 1.27. The molecule has 3 heteroatoms. The van der Waals surface area contributed by atoms with E-state index in [1.54, 1.807) is 0 Å². The summed E-state index contributed by atoms with van der Waals surface area (Å²) in [5, 5.41) is 3.64. The molecular formula is C18H29NO2. The molecule has 0 spiro atoms. The van der Waals surface area contributed by atoms with E-state index in [-0.39, 0.29) is 12.1 Å². The second-order valence-corrected chi connectivity index (χ2v) is 5.72. The lowest BCUT2D eigenvalue weighted by Crippen LogP contribution is -2.34. The smallest absolute Gasteiger partial charge is 0.120 e. The maximum absolute atomic E-state index is 5.93. The maximum Gasteiger partial charge on any atom is 0.120 e. The van der Waals surface area contributed by atoms with Crippen LogP contribution in [0.5, 0.6) is 5.75 Å². The van der Waals surface area contributed by atoms with E-state index in [1.807, 2.05) is 0 Å². The van der Waals surface area contributed by atoms with Crippen LogP contribution in [0.3, 0.4) is 0 Å². The van der Waals surface area contributed by atoms with Gasteiger partial charge in [-0.1, -0.05) is 26.0 Å². The predicted molar refractivity (Wildman–Crippen MR) is 86.8 cm³/mol. The van der Waals surface area contributed by atoms with Gasteiger partial charge < -0.3 is 14.8 Å². The van der Waals surface area contributed by atoms with Gasteiger partial charge in [0.15, 0.2) is 0 Å². The minimum absolute atomic E-state index is 0.206. The molecule has 0 aromatic heterocycles. The van der Waals surface area contributed by atoms with E-state index < -0.39 is 0 Å². The average molecular weight is 291 g/mol. The third-order valence-electron chi connectivity index (χ3n) is 3.81. The first kappa shape index (κ1) is 16.3. The Bertz CT molecular complexity index is 417. The van der Waals surface area contributed by atoms with E-state index in [0.717, 1.165) is 31.7 Å². The largest absolute Gasteiger partial charge is 0.490 e. The van der Waals surface area contributed by atoms with Gasteiger partial charge >= 0.3 is 0 Å². The Morgan fingerprint density at radius 3 is 2.67 bits per heavy atom. The number of nitrogens with one attached hydrogen (secondary N) is 1. The van der Waals surface area contributed by atoms with E-state index >= 15 is 0 Å². The Morgan fingerprint density at radius 1 is 1.24 bits per heavy atom. The fourth-order valence-electron chi connectivity index (χ4n) is 2.59. The van der Waals surface area contributed by atoms with Crippen LogP contribution in [0.4, 0.5) is 0 Å². The van der Waals surface area contributed by atoms with Crippen molar-refractivity contribution in [2.24, 2.45) is 0 Å². The first-order chi connectivity index (χ1) is 10.3. The van der Waals surface area contributed by atoms with Crippen molar-refractivity contribution in [1.29, 1.82) is 0 Å². The van der Waals surface area contributed by atoms with Crippen LogP contribution in [0.1, 0.15) is 58.1 Å². The van der Waals surface area contributed by atoms with Crippen LogP contribution in [0.15, 0.2) is 24.3 Å². The summed E-state index contributed by atoms with van der Waals surface area (Å²) in [6.45, 7) is 8.19. The van der Waals surface area contributed by atoms with Crippen LogP contribution in [0.25, 0.3) is 0 Å². The zero-order valence-corrected chi connectivity index (χ0v) is 13.6. The van der Waals surface area contributed by atoms with E-state index in [4.69, 9.17) is 9.47 Å². The normalized spacial score (nSPS) is 17.5. The lowest BCUT2D eigenvalue weighted by Gasteiger charge is -2.28. The Labute approximate surface area is 129 Å². The summed E-state index contributed by atoms with van der Waals surface area (Å²) in [6.07, 6.45) is 5.16. The number of hydrogen-bond donors (Lipinski definition) is 1. The Kier molecular flexibility index (Phi) is 6.52. The molecule has 2 atom stereocenters. The Balaban J connectivity index is 2.12. The van der Waals surface area contributed by atoms with Crippen molar-refractivity contribution in [2.45, 2.75) is 64.7 Å². The summed E-state index contributed by atoms with van der Waals surface area (Å²) < 4.78 is 11.9. The molecule has 1 aromatic carbocycles. The quantitative estimate of drug-likeness (QED) is 0.704. The van der Waals surface area contributed by atoms with Crippen molar-refractivity contribution in [3.8, 4) is 5.75 Å². The van der Waals surface area contributed by atoms with Gasteiger partial charge in [0, 0.05) is 6.61 Å². The second-order valence-electron chi connectivity index (χ2n) is 5.72. The molecule has 0 radical (unpaired) electrons. The summed E-state index contributed by atoms with van der Waals surface area (Å²) in [7, 11) is 0. The van der Waals surface area contributed by atoms with Crippen LogP contribution in [0, 0.1) is 0 Å². The second kappa shape index (κ2) is 8.40. The fraction of sp³-hybridized carbons (Fsp3) is 0.667. The molecule has 3 nitrogen and oxygen atoms in total. The van der Waals surface area contributed by atoms with Crippen LogP contribution in [-0.4, -0.2) is 25.4 Å². The average Bonchev–Trinajstić information content (AvgIpc) is 3.31. The van der Waals surface area contributed by atoms with Gasteiger partial charge in [-0.25, -0.2) is 0 Å². The minimum Gasteiger partial charge on any atom is -0.490 e. The van der Waals surface area contributed by atoms with E-state index in [1.165, 1.54) is 18.4 Å². The number of rotatable bonds is 10. The van der Waals surface area contributed by atoms with Gasteiger partial charge in [-0.3, -0.25) is 0 Å². The molecule has 1 saturated carbocycles. The number of hydrogen-bond acceptors (Lipinski definition) is 3. The van der Waals surface area contributed by atoms with Gasteiger partial charge in [-0.2, -0.15) is 0 Å². The summed E-state index contributed by atoms with van der Waals surface area (Å²) in [5.74, 6) is 0.990. The standard InChI is InChI=1S/C18H29NO2/c1-4-12-19-18(17(5-2)20-6-3)14-8-7-9-16(13-14)21-15-10-11-15/h7-9,13,15,17-19H,4-6,10-12H2,1-3H3. The monoisotopic (exact) mass is 291 g/mol. The molecule has 118 valence electrons. The summed E-state index contributed by atoms with van der Waals surface area (Å²) in [4.78, 5) is 0. The molecule has 0 aliphatic heterocycles. The van der Waals surface area contributed by atoms with E-state index in [2.05, 4.69) is 50.4 Å². The highest BCUT2D eigenvalue weighted by Crippen LogP contribution is 2.30. The molecule has 21 heavy (non-hydrogen) atoms. The van der Waals surface area contributed by atoms with Gasteiger partial charge in [0.1, 0.15) is 5.75 Å². The molecule has 1 N–H and O–H groups in total. The summed E-state index contributed by atoms with van der Waals surface area (Å²) >= 11 is 0. The van der Waals surface area contributed by atoms with Crippen LogP contribution < -0.4 is 10.1 Å². The highest BCUT2D eigenvalue weighted by Gasteiger charge is 2.25. The molecule has 0 heterocycles. The molecule has 1 aromatic rings. The van der Waals surface area contributed by atoms with Crippen molar-refractivity contribution < 1.29 is 9.47 Å². The van der Waals surface area contributed by atoms with Crippen LogP contribution in [0.2, 0.25) is 0 Å². The first-order valence-electron chi connectivity index (χ1n) is 8.40. The van der Waals surface area contributed by atoms with Crippen molar-refractivity contribution in [1.82, 2.24) is 5.32 Å². The molecule has 1 aliphatic rings.